The number of aliphatic imine (C=N–C) groups is 1. The quantitative estimate of drug-likeness (QED) is 0.576. The number of hydrogen-bond donors (Lipinski definition) is 2. The standard InChI is InChI=1S/C18H18F3N5S/c1-12(25-26-16-8-5-14(11-23-16)18(19,20)21)13-3-6-15(7-4-13)24-17-22-9-2-10-27-17/h3-8,11H,2,9-10H2,1H3,(H,22,24)(H,23,26)/b25-12-. The summed E-state index contributed by atoms with van der Waals surface area (Å²) >= 11 is 1.70. The molecule has 0 saturated heterocycles. The van der Waals surface area contributed by atoms with E-state index in [9.17, 15) is 13.2 Å². The van der Waals surface area contributed by atoms with Crippen LogP contribution in [0.2, 0.25) is 0 Å². The van der Waals surface area contributed by atoms with Gasteiger partial charge in [0.2, 0.25) is 0 Å². The number of halogens is 3. The first kappa shape index (κ1) is 19.2. The van der Waals surface area contributed by atoms with Crippen LogP contribution in [0.3, 0.4) is 0 Å². The first-order chi connectivity index (χ1) is 12.9. The monoisotopic (exact) mass is 393 g/mol. The van der Waals surface area contributed by atoms with Crippen molar-refractivity contribution in [1.82, 2.24) is 4.98 Å². The van der Waals surface area contributed by atoms with E-state index >= 15 is 0 Å². The number of nitrogens with zero attached hydrogens (tertiary/aromatic N) is 3. The predicted molar refractivity (Wildman–Crippen MR) is 105 cm³/mol. The summed E-state index contributed by atoms with van der Waals surface area (Å²) in [5.41, 5.74) is 4.40. The van der Waals surface area contributed by atoms with Gasteiger partial charge in [-0.15, -0.1) is 0 Å². The molecule has 3 rings (SSSR count). The smallest absolute Gasteiger partial charge is 0.335 e. The molecule has 0 radical (unpaired) electrons. The first-order valence-electron chi connectivity index (χ1n) is 8.30. The van der Waals surface area contributed by atoms with Gasteiger partial charge in [0.05, 0.1) is 11.3 Å². The maximum absolute atomic E-state index is 12.5. The minimum absolute atomic E-state index is 0.243. The van der Waals surface area contributed by atoms with Crippen LogP contribution in [-0.2, 0) is 6.18 Å². The number of alkyl halides is 3. The van der Waals surface area contributed by atoms with E-state index < -0.39 is 11.7 Å². The van der Waals surface area contributed by atoms with Gasteiger partial charge in [-0.3, -0.25) is 10.4 Å². The molecule has 1 aromatic carbocycles. The van der Waals surface area contributed by atoms with E-state index in [4.69, 9.17) is 0 Å². The fourth-order valence-corrected chi connectivity index (χ4v) is 3.13. The molecular weight excluding hydrogens is 375 g/mol. The average Bonchev–Trinajstić information content (AvgIpc) is 2.67. The molecule has 9 heteroatoms. The number of hydrogen-bond acceptors (Lipinski definition) is 6. The van der Waals surface area contributed by atoms with E-state index in [1.165, 1.54) is 6.07 Å². The second-order valence-corrected chi connectivity index (χ2v) is 6.91. The molecule has 2 N–H and O–H groups in total. The lowest BCUT2D eigenvalue weighted by atomic mass is 10.1. The third kappa shape index (κ3) is 5.46. The van der Waals surface area contributed by atoms with Gasteiger partial charge in [-0.2, -0.15) is 18.3 Å². The molecule has 2 aromatic rings. The van der Waals surface area contributed by atoms with Crippen LogP contribution in [0, 0.1) is 0 Å². The van der Waals surface area contributed by atoms with E-state index in [0.717, 1.165) is 47.4 Å². The Morgan fingerprint density at radius 3 is 2.52 bits per heavy atom. The van der Waals surface area contributed by atoms with Crippen LogP contribution < -0.4 is 10.7 Å². The summed E-state index contributed by atoms with van der Waals surface area (Å²) in [5.74, 6) is 1.31. The van der Waals surface area contributed by atoms with Crippen molar-refractivity contribution < 1.29 is 13.2 Å². The lowest BCUT2D eigenvalue weighted by Crippen LogP contribution is -2.13. The summed E-state index contributed by atoms with van der Waals surface area (Å²) < 4.78 is 37.6. The maximum atomic E-state index is 12.5. The molecule has 0 fully saturated rings. The van der Waals surface area contributed by atoms with Gasteiger partial charge in [0.15, 0.2) is 5.17 Å². The number of nitrogens with one attached hydrogen (secondary N) is 2. The number of aromatic nitrogens is 1. The summed E-state index contributed by atoms with van der Waals surface area (Å²) in [5, 5.41) is 8.38. The third-order valence-corrected chi connectivity index (χ3v) is 4.78. The number of rotatable bonds is 4. The molecule has 27 heavy (non-hydrogen) atoms. The van der Waals surface area contributed by atoms with Gasteiger partial charge in [-0.1, -0.05) is 23.9 Å². The highest BCUT2D eigenvalue weighted by molar-refractivity contribution is 8.14. The largest absolute Gasteiger partial charge is 0.417 e. The highest BCUT2D eigenvalue weighted by atomic mass is 32.2. The first-order valence-corrected chi connectivity index (χ1v) is 9.28. The lowest BCUT2D eigenvalue weighted by molar-refractivity contribution is -0.137. The number of hydrazone groups is 1. The van der Waals surface area contributed by atoms with Crippen molar-refractivity contribution in [2.45, 2.75) is 19.5 Å². The topological polar surface area (TPSA) is 61.7 Å². The Morgan fingerprint density at radius 2 is 1.93 bits per heavy atom. The zero-order valence-corrected chi connectivity index (χ0v) is 15.4. The van der Waals surface area contributed by atoms with Crippen LogP contribution >= 0.6 is 11.8 Å². The molecule has 142 valence electrons. The fraction of sp³-hybridized carbons (Fsp3) is 0.278. The molecule has 0 bridgehead atoms. The normalized spacial score (nSPS) is 15.3. The van der Waals surface area contributed by atoms with Crippen molar-refractivity contribution in [2.24, 2.45) is 10.1 Å². The van der Waals surface area contributed by atoms with Crippen molar-refractivity contribution >= 4 is 34.1 Å². The maximum Gasteiger partial charge on any atom is 0.417 e. The van der Waals surface area contributed by atoms with Crippen molar-refractivity contribution in [3.05, 3.63) is 53.7 Å². The average molecular weight is 393 g/mol. The SMILES string of the molecule is C/C(=N/Nc1ccc(C(F)(F)F)cn1)c1ccc(NC2=NCCCS2)cc1. The van der Waals surface area contributed by atoms with E-state index in [0.29, 0.717) is 5.71 Å². The minimum Gasteiger partial charge on any atom is -0.335 e. The van der Waals surface area contributed by atoms with Crippen molar-refractivity contribution in [2.75, 3.05) is 23.0 Å². The highest BCUT2D eigenvalue weighted by Crippen LogP contribution is 2.28. The molecule has 1 aliphatic heterocycles. The molecule has 0 saturated carbocycles. The van der Waals surface area contributed by atoms with Crippen molar-refractivity contribution in [3.8, 4) is 0 Å². The molecule has 1 aliphatic rings. The van der Waals surface area contributed by atoms with Crippen LogP contribution in [0.1, 0.15) is 24.5 Å². The van der Waals surface area contributed by atoms with Gasteiger partial charge in [0.1, 0.15) is 5.82 Å². The molecular formula is C18H18F3N5S. The lowest BCUT2D eigenvalue weighted by Gasteiger charge is -2.13. The van der Waals surface area contributed by atoms with E-state index in [1.54, 1.807) is 18.7 Å². The van der Waals surface area contributed by atoms with Crippen LogP contribution in [0.5, 0.6) is 0 Å². The van der Waals surface area contributed by atoms with E-state index in [-0.39, 0.29) is 5.82 Å². The highest BCUT2D eigenvalue weighted by Gasteiger charge is 2.30. The Bertz CT molecular complexity index is 830. The Hall–Kier alpha value is -2.55. The predicted octanol–water partition coefficient (Wildman–Crippen LogP) is 4.84. The molecule has 1 aromatic heterocycles. The fourth-order valence-electron chi connectivity index (χ4n) is 2.29. The van der Waals surface area contributed by atoms with Gasteiger partial charge < -0.3 is 5.32 Å². The summed E-state index contributed by atoms with van der Waals surface area (Å²) in [4.78, 5) is 8.15. The van der Waals surface area contributed by atoms with Crippen LogP contribution in [0.4, 0.5) is 24.7 Å². The van der Waals surface area contributed by atoms with Crippen LogP contribution in [-0.4, -0.2) is 28.2 Å². The Morgan fingerprint density at radius 1 is 1.15 bits per heavy atom. The van der Waals surface area contributed by atoms with Crippen LogP contribution in [0.25, 0.3) is 0 Å². The molecule has 0 aliphatic carbocycles. The Kier molecular flexibility index (Phi) is 6.00. The second kappa shape index (κ2) is 8.43. The van der Waals surface area contributed by atoms with Gasteiger partial charge >= 0.3 is 6.18 Å². The number of benzene rings is 1. The van der Waals surface area contributed by atoms with Gasteiger partial charge in [0.25, 0.3) is 0 Å². The number of thioether (sulfide) groups is 1. The number of pyridine rings is 1. The van der Waals surface area contributed by atoms with E-state index in [2.05, 4.69) is 25.8 Å². The van der Waals surface area contributed by atoms with E-state index in [1.807, 2.05) is 24.3 Å². The molecule has 0 unspecified atom stereocenters. The zero-order valence-electron chi connectivity index (χ0n) is 14.5. The zero-order chi connectivity index (χ0) is 19.3. The van der Waals surface area contributed by atoms with Crippen LogP contribution in [0.15, 0.2) is 52.7 Å². The Labute approximate surface area is 159 Å². The second-order valence-electron chi connectivity index (χ2n) is 5.83. The summed E-state index contributed by atoms with van der Waals surface area (Å²) in [7, 11) is 0. The molecule has 0 atom stereocenters. The Balaban J connectivity index is 1.61. The van der Waals surface area contributed by atoms with Crippen molar-refractivity contribution in [1.29, 1.82) is 0 Å². The minimum atomic E-state index is -4.40. The van der Waals surface area contributed by atoms with Crippen molar-refractivity contribution in [3.63, 3.8) is 0 Å². The summed E-state index contributed by atoms with van der Waals surface area (Å²) in [6, 6.07) is 9.90. The van der Waals surface area contributed by atoms with Gasteiger partial charge in [-0.05, 0) is 43.2 Å². The molecule has 0 spiro atoms. The number of amidine groups is 1. The molecule has 0 amide bonds. The van der Waals surface area contributed by atoms with Gasteiger partial charge in [0, 0.05) is 24.2 Å². The molecule has 2 heterocycles. The summed E-state index contributed by atoms with van der Waals surface area (Å²) in [6.07, 6.45) is -2.52. The summed E-state index contributed by atoms with van der Waals surface area (Å²) in [6.45, 7) is 2.66. The number of anilines is 2. The van der Waals surface area contributed by atoms with Gasteiger partial charge in [-0.25, -0.2) is 4.98 Å². The molecule has 5 nitrogen and oxygen atoms in total. The third-order valence-electron chi connectivity index (χ3n) is 3.78.